The van der Waals surface area contributed by atoms with E-state index in [0.717, 1.165) is 22.9 Å². The molecule has 0 amide bonds. The van der Waals surface area contributed by atoms with Gasteiger partial charge in [-0.3, -0.25) is 4.98 Å². The lowest BCUT2D eigenvalue weighted by Gasteiger charge is -2.35. The summed E-state index contributed by atoms with van der Waals surface area (Å²) >= 11 is 0. The van der Waals surface area contributed by atoms with E-state index in [1.807, 2.05) is 12.3 Å². The van der Waals surface area contributed by atoms with Crippen LogP contribution >= 0.6 is 0 Å². The van der Waals surface area contributed by atoms with Crippen molar-refractivity contribution in [3.8, 4) is 11.5 Å². The third-order valence-corrected chi connectivity index (χ3v) is 5.16. The Kier molecular flexibility index (Phi) is 3.99. The molecule has 1 aliphatic heterocycles. The molecule has 2 heterocycles. The molecule has 1 aromatic heterocycles. The fourth-order valence-electron chi connectivity index (χ4n) is 3.75. The smallest absolute Gasteiger partial charge is 0.154 e. The lowest BCUT2D eigenvalue weighted by molar-refractivity contribution is 0.476. The number of fused-ring (bicyclic) bond motifs is 2. The largest absolute Gasteiger partial charge is 0.453 e. The first-order chi connectivity index (χ1) is 12.8. The van der Waals surface area contributed by atoms with E-state index in [1.54, 1.807) is 6.20 Å². The summed E-state index contributed by atoms with van der Waals surface area (Å²) in [4.78, 5) is 6.66. The molecule has 0 saturated heterocycles. The Hall–Kier alpha value is -2.81. The molecule has 1 aliphatic rings. The van der Waals surface area contributed by atoms with E-state index in [9.17, 15) is 0 Å². The van der Waals surface area contributed by atoms with Gasteiger partial charge in [-0.05, 0) is 60.6 Å². The normalized spacial score (nSPS) is 13.0. The molecule has 27 heavy (non-hydrogen) atoms. The minimum Gasteiger partial charge on any atom is -0.453 e. The summed E-state index contributed by atoms with van der Waals surface area (Å²) in [5, 5.41) is 0. The van der Waals surface area contributed by atoms with E-state index in [2.05, 4.69) is 81.8 Å². The molecule has 0 N–H and O–H groups in total. The molecule has 3 nitrogen and oxygen atoms in total. The predicted molar refractivity (Wildman–Crippen MR) is 112 cm³/mol. The highest BCUT2D eigenvalue weighted by molar-refractivity contribution is 5.88. The number of nitrogens with zero attached hydrogens (tertiary/aromatic N) is 2. The molecule has 0 spiro atoms. The molecular weight excluding hydrogens is 332 g/mol. The van der Waals surface area contributed by atoms with Crippen LogP contribution < -0.4 is 9.64 Å². The van der Waals surface area contributed by atoms with Crippen molar-refractivity contribution in [1.29, 1.82) is 0 Å². The molecule has 3 aromatic rings. The van der Waals surface area contributed by atoms with Crippen LogP contribution in [0.2, 0.25) is 0 Å². The summed E-state index contributed by atoms with van der Waals surface area (Å²) < 4.78 is 6.16. The SMILES string of the molecule is Cc1ccc2c(c1)N(c1c(C)cc(C(C)(C)C)cc1C)c1cnccc1O2. The van der Waals surface area contributed by atoms with Crippen molar-refractivity contribution in [2.75, 3.05) is 4.90 Å². The fourth-order valence-corrected chi connectivity index (χ4v) is 3.75. The van der Waals surface area contributed by atoms with Gasteiger partial charge in [0, 0.05) is 12.3 Å². The number of benzene rings is 2. The van der Waals surface area contributed by atoms with E-state index >= 15 is 0 Å². The molecule has 0 bridgehead atoms. The number of aromatic nitrogens is 1. The number of rotatable bonds is 1. The molecule has 0 atom stereocenters. The van der Waals surface area contributed by atoms with Crippen molar-refractivity contribution in [2.24, 2.45) is 0 Å². The minimum atomic E-state index is 0.118. The van der Waals surface area contributed by atoms with Gasteiger partial charge in [-0.2, -0.15) is 0 Å². The first kappa shape index (κ1) is 17.6. The Morgan fingerprint density at radius 3 is 2.19 bits per heavy atom. The fraction of sp³-hybridized carbons (Fsp3) is 0.292. The van der Waals surface area contributed by atoms with Gasteiger partial charge in [0.1, 0.15) is 5.69 Å². The lowest BCUT2D eigenvalue weighted by atomic mass is 9.84. The zero-order valence-electron chi connectivity index (χ0n) is 16.9. The number of anilines is 3. The number of pyridine rings is 1. The van der Waals surface area contributed by atoms with Gasteiger partial charge in [-0.1, -0.05) is 39.0 Å². The second-order valence-electron chi connectivity index (χ2n) is 8.46. The Morgan fingerprint density at radius 1 is 0.852 bits per heavy atom. The summed E-state index contributed by atoms with van der Waals surface area (Å²) in [6.07, 6.45) is 3.66. The van der Waals surface area contributed by atoms with Crippen LogP contribution in [0.1, 0.15) is 43.0 Å². The van der Waals surface area contributed by atoms with Gasteiger partial charge in [0.15, 0.2) is 11.5 Å². The third-order valence-electron chi connectivity index (χ3n) is 5.16. The van der Waals surface area contributed by atoms with Gasteiger partial charge in [0.2, 0.25) is 0 Å². The van der Waals surface area contributed by atoms with E-state index in [4.69, 9.17) is 4.74 Å². The van der Waals surface area contributed by atoms with Crippen LogP contribution in [0.15, 0.2) is 48.8 Å². The minimum absolute atomic E-state index is 0.118. The van der Waals surface area contributed by atoms with Crippen LogP contribution in [0.5, 0.6) is 11.5 Å². The number of hydrogen-bond donors (Lipinski definition) is 0. The number of ether oxygens (including phenoxy) is 1. The molecule has 138 valence electrons. The molecular formula is C24H26N2O. The predicted octanol–water partition coefficient (Wildman–Crippen LogP) is 6.88. The summed E-state index contributed by atoms with van der Waals surface area (Å²) in [6, 6.07) is 12.9. The van der Waals surface area contributed by atoms with Gasteiger partial charge >= 0.3 is 0 Å². The van der Waals surface area contributed by atoms with Crippen LogP contribution in [0.25, 0.3) is 0 Å². The Labute approximate surface area is 161 Å². The molecule has 0 saturated carbocycles. The van der Waals surface area contributed by atoms with Gasteiger partial charge in [-0.25, -0.2) is 0 Å². The van der Waals surface area contributed by atoms with Gasteiger partial charge < -0.3 is 9.64 Å². The second-order valence-corrected chi connectivity index (χ2v) is 8.46. The van der Waals surface area contributed by atoms with Crippen molar-refractivity contribution < 1.29 is 4.74 Å². The highest BCUT2D eigenvalue weighted by Gasteiger charge is 2.29. The van der Waals surface area contributed by atoms with Gasteiger partial charge in [0.05, 0.1) is 17.6 Å². The quantitative estimate of drug-likeness (QED) is 0.371. The topological polar surface area (TPSA) is 25.4 Å². The second kappa shape index (κ2) is 6.12. The van der Waals surface area contributed by atoms with E-state index in [0.29, 0.717) is 0 Å². The van der Waals surface area contributed by atoms with E-state index in [-0.39, 0.29) is 5.41 Å². The first-order valence-corrected chi connectivity index (χ1v) is 9.40. The molecule has 0 unspecified atom stereocenters. The Balaban J connectivity index is 1.99. The number of hydrogen-bond acceptors (Lipinski definition) is 3. The van der Waals surface area contributed by atoms with Crippen LogP contribution in [0, 0.1) is 20.8 Å². The van der Waals surface area contributed by atoms with Crippen LogP contribution in [-0.4, -0.2) is 4.98 Å². The Bertz CT molecular complexity index is 1010. The van der Waals surface area contributed by atoms with Crippen molar-refractivity contribution in [2.45, 2.75) is 47.0 Å². The number of aryl methyl sites for hydroxylation is 3. The lowest BCUT2D eigenvalue weighted by Crippen LogP contribution is -2.19. The van der Waals surface area contributed by atoms with Crippen LogP contribution in [0.4, 0.5) is 17.1 Å². The van der Waals surface area contributed by atoms with Crippen molar-refractivity contribution in [3.05, 3.63) is 71.0 Å². The Morgan fingerprint density at radius 2 is 1.52 bits per heavy atom. The van der Waals surface area contributed by atoms with E-state index < -0.39 is 0 Å². The zero-order chi connectivity index (χ0) is 19.3. The van der Waals surface area contributed by atoms with Crippen LogP contribution in [0.3, 0.4) is 0 Å². The van der Waals surface area contributed by atoms with Gasteiger partial charge in [0.25, 0.3) is 0 Å². The van der Waals surface area contributed by atoms with Crippen molar-refractivity contribution in [3.63, 3.8) is 0 Å². The average Bonchev–Trinajstić information content (AvgIpc) is 2.60. The molecule has 0 aliphatic carbocycles. The summed E-state index contributed by atoms with van der Waals surface area (Å²) in [5.41, 5.74) is 8.42. The summed E-state index contributed by atoms with van der Waals surface area (Å²) in [5.74, 6) is 1.71. The van der Waals surface area contributed by atoms with Crippen LogP contribution in [-0.2, 0) is 5.41 Å². The van der Waals surface area contributed by atoms with E-state index in [1.165, 1.54) is 27.9 Å². The maximum atomic E-state index is 6.16. The zero-order valence-corrected chi connectivity index (χ0v) is 16.9. The highest BCUT2D eigenvalue weighted by atomic mass is 16.5. The molecule has 0 radical (unpaired) electrons. The standard InChI is InChI=1S/C24H26N2O/c1-15-7-8-21-19(11-15)26(20-14-25-10-9-22(20)27-21)23-16(2)12-18(13-17(23)3)24(4,5)6/h7-14H,1-6H3. The maximum Gasteiger partial charge on any atom is 0.154 e. The van der Waals surface area contributed by atoms with Crippen molar-refractivity contribution >= 4 is 17.1 Å². The molecule has 3 heteroatoms. The summed E-state index contributed by atoms with van der Waals surface area (Å²) in [6.45, 7) is 13.3. The first-order valence-electron chi connectivity index (χ1n) is 9.40. The van der Waals surface area contributed by atoms with Gasteiger partial charge in [-0.15, -0.1) is 0 Å². The third kappa shape index (κ3) is 2.97. The summed E-state index contributed by atoms with van der Waals surface area (Å²) in [7, 11) is 0. The molecule has 2 aromatic carbocycles. The average molecular weight is 358 g/mol. The maximum absolute atomic E-state index is 6.16. The monoisotopic (exact) mass is 358 g/mol. The molecule has 0 fully saturated rings. The highest BCUT2D eigenvalue weighted by Crippen LogP contribution is 2.51. The van der Waals surface area contributed by atoms with Crippen molar-refractivity contribution in [1.82, 2.24) is 4.98 Å². The molecule has 4 rings (SSSR count).